The molecule has 1 heterocycles. The van der Waals surface area contributed by atoms with Gasteiger partial charge < -0.3 is 10.3 Å². The molecule has 1 aliphatic rings. The average Bonchev–Trinajstić information content (AvgIpc) is 2.13. The second-order valence-electron chi connectivity index (χ2n) is 2.58. The molecule has 0 spiro atoms. The smallest absolute Gasteiger partial charge is 0.167 e. The summed E-state index contributed by atoms with van der Waals surface area (Å²) < 4.78 is 18.8. The third-order valence-corrected chi connectivity index (χ3v) is 2.19. The van der Waals surface area contributed by atoms with Gasteiger partial charge in [-0.1, -0.05) is 0 Å². The SMILES string of the molecule is NC1CCN(CS(=O)O)C1. The molecule has 1 rings (SSSR count). The van der Waals surface area contributed by atoms with Crippen LogP contribution in [0.5, 0.6) is 0 Å². The van der Waals surface area contributed by atoms with Crippen molar-refractivity contribution in [2.24, 2.45) is 5.73 Å². The highest BCUT2D eigenvalue weighted by atomic mass is 32.2. The fraction of sp³-hybridized carbons (Fsp3) is 1.00. The maximum Gasteiger partial charge on any atom is 0.167 e. The van der Waals surface area contributed by atoms with Crippen LogP contribution in [0.15, 0.2) is 0 Å². The normalized spacial score (nSPS) is 30.8. The van der Waals surface area contributed by atoms with Gasteiger partial charge in [0.15, 0.2) is 11.1 Å². The van der Waals surface area contributed by atoms with Gasteiger partial charge in [-0.25, -0.2) is 4.21 Å². The van der Waals surface area contributed by atoms with E-state index in [1.165, 1.54) is 0 Å². The van der Waals surface area contributed by atoms with E-state index in [0.717, 1.165) is 19.5 Å². The van der Waals surface area contributed by atoms with E-state index in [1.54, 1.807) is 0 Å². The largest absolute Gasteiger partial charge is 0.326 e. The first kappa shape index (κ1) is 8.13. The minimum atomic E-state index is -1.70. The molecule has 2 atom stereocenters. The van der Waals surface area contributed by atoms with Gasteiger partial charge in [0.05, 0.1) is 0 Å². The zero-order valence-corrected chi connectivity index (χ0v) is 6.51. The molecule has 60 valence electrons. The Kier molecular flexibility index (Phi) is 2.79. The zero-order valence-electron chi connectivity index (χ0n) is 5.69. The molecule has 4 nitrogen and oxygen atoms in total. The highest BCUT2D eigenvalue weighted by Gasteiger charge is 2.19. The third-order valence-electron chi connectivity index (χ3n) is 1.60. The van der Waals surface area contributed by atoms with Crippen molar-refractivity contribution in [2.45, 2.75) is 12.5 Å². The van der Waals surface area contributed by atoms with Crippen molar-refractivity contribution in [1.29, 1.82) is 0 Å². The van der Waals surface area contributed by atoms with Crippen molar-refractivity contribution in [2.75, 3.05) is 19.0 Å². The number of nitrogens with two attached hydrogens (primary N) is 1. The predicted molar refractivity (Wildman–Crippen MR) is 39.8 cm³/mol. The Balaban J connectivity index is 2.24. The molecular weight excluding hydrogens is 152 g/mol. The lowest BCUT2D eigenvalue weighted by Crippen LogP contribution is -2.28. The Morgan fingerprint density at radius 3 is 2.90 bits per heavy atom. The minimum Gasteiger partial charge on any atom is -0.326 e. The summed E-state index contributed by atoms with van der Waals surface area (Å²) in [5.74, 6) is 0.244. The van der Waals surface area contributed by atoms with Crippen molar-refractivity contribution in [3.8, 4) is 0 Å². The number of hydrogen-bond donors (Lipinski definition) is 2. The van der Waals surface area contributed by atoms with E-state index in [0.29, 0.717) is 0 Å². The molecule has 0 aromatic heterocycles. The second kappa shape index (κ2) is 3.43. The van der Waals surface area contributed by atoms with E-state index in [-0.39, 0.29) is 11.9 Å². The van der Waals surface area contributed by atoms with Crippen LogP contribution in [0.25, 0.3) is 0 Å². The van der Waals surface area contributed by atoms with Gasteiger partial charge in [-0.15, -0.1) is 0 Å². The van der Waals surface area contributed by atoms with Crippen LogP contribution in [-0.4, -0.2) is 38.7 Å². The van der Waals surface area contributed by atoms with E-state index in [4.69, 9.17) is 10.3 Å². The summed E-state index contributed by atoms with van der Waals surface area (Å²) in [5, 5.41) is 0. The average molecular weight is 164 g/mol. The van der Waals surface area contributed by atoms with Gasteiger partial charge in [0, 0.05) is 19.1 Å². The summed E-state index contributed by atoms with van der Waals surface area (Å²) in [6.07, 6.45) is 0.942. The number of nitrogens with zero attached hydrogens (tertiary/aromatic N) is 1. The van der Waals surface area contributed by atoms with Crippen LogP contribution in [0.3, 0.4) is 0 Å². The molecule has 0 bridgehead atoms. The van der Waals surface area contributed by atoms with Gasteiger partial charge in [0.2, 0.25) is 0 Å². The number of likely N-dealkylation sites (tertiary alicyclic amines) is 1. The van der Waals surface area contributed by atoms with Crippen LogP contribution in [0, 0.1) is 0 Å². The fourth-order valence-electron chi connectivity index (χ4n) is 1.14. The molecule has 5 heteroatoms. The summed E-state index contributed by atoms with van der Waals surface area (Å²) in [6, 6.07) is 0.198. The summed E-state index contributed by atoms with van der Waals surface area (Å²) >= 11 is -1.70. The number of rotatable bonds is 2. The molecule has 1 fully saturated rings. The van der Waals surface area contributed by atoms with E-state index in [9.17, 15) is 4.21 Å². The Labute approximate surface area is 62.7 Å². The molecule has 1 saturated heterocycles. The van der Waals surface area contributed by atoms with Crippen LogP contribution in [0.4, 0.5) is 0 Å². The van der Waals surface area contributed by atoms with Crippen LogP contribution in [0.1, 0.15) is 6.42 Å². The standard InChI is InChI=1S/C5H12N2O2S/c6-5-1-2-7(3-5)4-10(8)9/h5H,1-4,6H2,(H,8,9). The molecule has 0 saturated carbocycles. The summed E-state index contributed by atoms with van der Waals surface area (Å²) in [7, 11) is 0. The van der Waals surface area contributed by atoms with Crippen molar-refractivity contribution in [1.82, 2.24) is 4.90 Å². The topological polar surface area (TPSA) is 66.6 Å². The van der Waals surface area contributed by atoms with E-state index >= 15 is 0 Å². The molecule has 0 aromatic rings. The molecule has 0 amide bonds. The highest BCUT2D eigenvalue weighted by Crippen LogP contribution is 2.05. The van der Waals surface area contributed by atoms with Crippen molar-refractivity contribution in [3.63, 3.8) is 0 Å². The molecule has 10 heavy (non-hydrogen) atoms. The Morgan fingerprint density at radius 2 is 2.50 bits per heavy atom. The maximum absolute atomic E-state index is 10.3. The maximum atomic E-state index is 10.3. The third kappa shape index (κ3) is 2.34. The van der Waals surface area contributed by atoms with Gasteiger partial charge in [0.25, 0.3) is 0 Å². The van der Waals surface area contributed by atoms with Crippen molar-refractivity contribution in [3.05, 3.63) is 0 Å². The summed E-state index contributed by atoms with van der Waals surface area (Å²) in [6.45, 7) is 1.61. The van der Waals surface area contributed by atoms with Gasteiger partial charge >= 0.3 is 0 Å². The van der Waals surface area contributed by atoms with Crippen LogP contribution >= 0.6 is 0 Å². The first-order chi connectivity index (χ1) is 4.68. The fourth-order valence-corrected chi connectivity index (χ4v) is 1.68. The van der Waals surface area contributed by atoms with Gasteiger partial charge in [-0.05, 0) is 6.42 Å². The quantitative estimate of drug-likeness (QED) is 0.524. The van der Waals surface area contributed by atoms with E-state index in [2.05, 4.69) is 0 Å². The van der Waals surface area contributed by atoms with Crippen LogP contribution < -0.4 is 5.73 Å². The monoisotopic (exact) mass is 164 g/mol. The van der Waals surface area contributed by atoms with Gasteiger partial charge in [-0.2, -0.15) is 0 Å². The Hall–Kier alpha value is 0.0300. The highest BCUT2D eigenvalue weighted by molar-refractivity contribution is 7.79. The Bertz CT molecular complexity index is 142. The lowest BCUT2D eigenvalue weighted by Gasteiger charge is -2.10. The Morgan fingerprint density at radius 1 is 1.80 bits per heavy atom. The molecule has 0 radical (unpaired) electrons. The molecule has 1 aliphatic heterocycles. The van der Waals surface area contributed by atoms with Crippen molar-refractivity contribution < 1.29 is 8.76 Å². The summed E-state index contributed by atoms with van der Waals surface area (Å²) in [5.41, 5.74) is 5.58. The van der Waals surface area contributed by atoms with Crippen LogP contribution in [0.2, 0.25) is 0 Å². The van der Waals surface area contributed by atoms with E-state index < -0.39 is 11.1 Å². The lowest BCUT2D eigenvalue weighted by atomic mass is 10.3. The summed E-state index contributed by atoms with van der Waals surface area (Å²) in [4.78, 5) is 1.90. The molecule has 0 aromatic carbocycles. The minimum absolute atomic E-state index is 0.198. The molecule has 2 unspecified atom stereocenters. The number of hydrogen-bond acceptors (Lipinski definition) is 3. The van der Waals surface area contributed by atoms with Crippen molar-refractivity contribution >= 4 is 11.1 Å². The molecule has 3 N–H and O–H groups in total. The van der Waals surface area contributed by atoms with Gasteiger partial charge in [-0.3, -0.25) is 4.90 Å². The van der Waals surface area contributed by atoms with Gasteiger partial charge in [0.1, 0.15) is 5.88 Å². The predicted octanol–water partition coefficient (Wildman–Crippen LogP) is -0.801. The molecular formula is C5H12N2O2S. The second-order valence-corrected chi connectivity index (χ2v) is 3.48. The zero-order chi connectivity index (χ0) is 7.56. The van der Waals surface area contributed by atoms with Crippen LogP contribution in [-0.2, 0) is 11.1 Å². The first-order valence-electron chi connectivity index (χ1n) is 3.24. The molecule has 0 aliphatic carbocycles. The van der Waals surface area contributed by atoms with E-state index in [1.807, 2.05) is 4.90 Å². The first-order valence-corrected chi connectivity index (χ1v) is 4.51. The lowest BCUT2D eigenvalue weighted by molar-refractivity contribution is 0.378.